The van der Waals surface area contributed by atoms with Crippen molar-refractivity contribution in [3.8, 4) is 0 Å². The Morgan fingerprint density at radius 1 is 1.17 bits per heavy atom. The minimum Gasteiger partial charge on any atom is -0.460 e. The van der Waals surface area contributed by atoms with Crippen molar-refractivity contribution in [2.45, 2.75) is 78.2 Å². The van der Waals surface area contributed by atoms with E-state index in [9.17, 15) is 4.79 Å². The van der Waals surface area contributed by atoms with Crippen LogP contribution < -0.4 is 5.73 Å². The highest BCUT2D eigenvalue weighted by molar-refractivity contribution is 5.70. The van der Waals surface area contributed by atoms with E-state index in [4.69, 9.17) is 10.5 Å². The largest absolute Gasteiger partial charge is 0.460 e. The average molecular weight is 257 g/mol. The molecule has 0 spiro atoms. The molecule has 0 saturated carbocycles. The lowest BCUT2D eigenvalue weighted by Gasteiger charge is -2.22. The number of unbranched alkanes of at least 4 members (excludes halogenated alkanes) is 2. The summed E-state index contributed by atoms with van der Waals surface area (Å²) >= 11 is 0. The highest BCUT2D eigenvalue weighted by atomic mass is 16.6. The average Bonchev–Trinajstić information content (AvgIpc) is 2.23. The Hall–Kier alpha value is -0.570. The molecule has 3 nitrogen and oxygen atoms in total. The fourth-order valence-corrected chi connectivity index (χ4v) is 2.04. The number of ether oxygens (including phenoxy) is 1. The molecule has 0 rings (SSSR count). The van der Waals surface area contributed by atoms with Crippen molar-refractivity contribution in [1.29, 1.82) is 0 Å². The zero-order chi connectivity index (χ0) is 14.0. The first-order valence-electron chi connectivity index (χ1n) is 7.31. The first-order chi connectivity index (χ1) is 8.39. The van der Waals surface area contributed by atoms with Crippen LogP contribution in [-0.4, -0.2) is 18.1 Å². The van der Waals surface area contributed by atoms with Gasteiger partial charge in [-0.15, -0.1) is 0 Å². The van der Waals surface area contributed by atoms with Gasteiger partial charge in [0, 0.05) is 6.42 Å². The van der Waals surface area contributed by atoms with Gasteiger partial charge in [-0.3, -0.25) is 4.79 Å². The third-order valence-corrected chi connectivity index (χ3v) is 2.91. The zero-order valence-corrected chi connectivity index (χ0v) is 12.6. The maximum absolute atomic E-state index is 11.8. The van der Waals surface area contributed by atoms with E-state index in [2.05, 4.69) is 6.92 Å². The lowest BCUT2D eigenvalue weighted by Crippen LogP contribution is -2.25. The second-order valence-electron chi connectivity index (χ2n) is 6.08. The lowest BCUT2D eigenvalue weighted by molar-refractivity contribution is -0.156. The maximum Gasteiger partial charge on any atom is 0.306 e. The van der Waals surface area contributed by atoms with Crippen LogP contribution in [0.25, 0.3) is 0 Å². The molecule has 1 unspecified atom stereocenters. The van der Waals surface area contributed by atoms with Crippen molar-refractivity contribution < 1.29 is 9.53 Å². The van der Waals surface area contributed by atoms with E-state index >= 15 is 0 Å². The molecule has 0 fully saturated rings. The van der Waals surface area contributed by atoms with Gasteiger partial charge in [-0.1, -0.05) is 26.2 Å². The number of carbonyl (C=O) groups is 1. The molecule has 1 atom stereocenters. The molecule has 0 bridgehead atoms. The summed E-state index contributed by atoms with van der Waals surface area (Å²) in [5.74, 6) is 0.405. The van der Waals surface area contributed by atoms with Gasteiger partial charge in [0.1, 0.15) is 5.60 Å². The topological polar surface area (TPSA) is 52.3 Å². The van der Waals surface area contributed by atoms with Gasteiger partial charge in [0.25, 0.3) is 0 Å². The number of hydrogen-bond acceptors (Lipinski definition) is 3. The summed E-state index contributed by atoms with van der Waals surface area (Å²) in [7, 11) is 0. The molecule has 0 saturated heterocycles. The molecule has 0 aliphatic carbocycles. The second-order valence-corrected chi connectivity index (χ2v) is 6.08. The van der Waals surface area contributed by atoms with Gasteiger partial charge < -0.3 is 10.5 Å². The summed E-state index contributed by atoms with van der Waals surface area (Å²) in [5.41, 5.74) is 5.14. The van der Waals surface area contributed by atoms with Gasteiger partial charge >= 0.3 is 5.97 Å². The SMILES string of the molecule is CCCCC(CCCCN)CC(=O)OC(C)(C)C. The number of esters is 1. The molecule has 0 aromatic carbocycles. The third-order valence-electron chi connectivity index (χ3n) is 2.91. The predicted octanol–water partition coefficient (Wildman–Crippen LogP) is 3.65. The van der Waals surface area contributed by atoms with Crippen molar-refractivity contribution in [2.75, 3.05) is 6.54 Å². The van der Waals surface area contributed by atoms with Crippen molar-refractivity contribution >= 4 is 5.97 Å². The van der Waals surface area contributed by atoms with Gasteiger partial charge in [0.05, 0.1) is 0 Å². The Balaban J connectivity index is 4.08. The fourth-order valence-electron chi connectivity index (χ4n) is 2.04. The molecule has 2 N–H and O–H groups in total. The van der Waals surface area contributed by atoms with Crippen molar-refractivity contribution in [2.24, 2.45) is 11.7 Å². The van der Waals surface area contributed by atoms with Gasteiger partial charge in [-0.2, -0.15) is 0 Å². The molecule has 0 aliphatic heterocycles. The zero-order valence-electron chi connectivity index (χ0n) is 12.6. The minimum atomic E-state index is -0.371. The first-order valence-corrected chi connectivity index (χ1v) is 7.31. The third kappa shape index (κ3) is 10.6. The van der Waals surface area contributed by atoms with E-state index in [1.807, 2.05) is 20.8 Å². The normalized spacial score (nSPS) is 13.4. The van der Waals surface area contributed by atoms with Gasteiger partial charge in [0.15, 0.2) is 0 Å². The van der Waals surface area contributed by atoms with E-state index < -0.39 is 0 Å². The summed E-state index contributed by atoms with van der Waals surface area (Å²) in [4.78, 5) is 11.8. The summed E-state index contributed by atoms with van der Waals surface area (Å²) in [6.45, 7) is 8.68. The minimum absolute atomic E-state index is 0.0589. The van der Waals surface area contributed by atoms with Gasteiger partial charge in [-0.25, -0.2) is 0 Å². The van der Waals surface area contributed by atoms with Gasteiger partial charge in [0.2, 0.25) is 0 Å². The van der Waals surface area contributed by atoms with Crippen LogP contribution in [-0.2, 0) is 9.53 Å². The molecular weight excluding hydrogens is 226 g/mol. The Bertz CT molecular complexity index is 221. The molecule has 0 aromatic heterocycles. The smallest absolute Gasteiger partial charge is 0.306 e. The van der Waals surface area contributed by atoms with Crippen LogP contribution in [0.1, 0.15) is 72.6 Å². The molecule has 0 amide bonds. The quantitative estimate of drug-likeness (QED) is 0.506. The Morgan fingerprint density at radius 2 is 1.78 bits per heavy atom. The highest BCUT2D eigenvalue weighted by Gasteiger charge is 2.20. The van der Waals surface area contributed by atoms with Crippen LogP contribution in [0.15, 0.2) is 0 Å². The molecular formula is C15H31NO2. The van der Waals surface area contributed by atoms with Crippen LogP contribution in [0.3, 0.4) is 0 Å². The molecule has 3 heteroatoms. The van der Waals surface area contributed by atoms with E-state index in [0.717, 1.165) is 32.2 Å². The number of carbonyl (C=O) groups excluding carboxylic acids is 1. The fraction of sp³-hybridized carbons (Fsp3) is 0.933. The van der Waals surface area contributed by atoms with Crippen LogP contribution in [0, 0.1) is 5.92 Å². The molecule has 0 heterocycles. The molecule has 0 radical (unpaired) electrons. The van der Waals surface area contributed by atoms with Crippen LogP contribution in [0.2, 0.25) is 0 Å². The monoisotopic (exact) mass is 257 g/mol. The van der Waals surface area contributed by atoms with Crippen molar-refractivity contribution in [3.63, 3.8) is 0 Å². The Labute approximate surface area is 112 Å². The van der Waals surface area contributed by atoms with Crippen LogP contribution >= 0.6 is 0 Å². The van der Waals surface area contributed by atoms with Gasteiger partial charge in [-0.05, 0) is 52.5 Å². The lowest BCUT2D eigenvalue weighted by atomic mass is 9.93. The summed E-state index contributed by atoms with van der Waals surface area (Å²) in [5, 5.41) is 0. The van der Waals surface area contributed by atoms with Crippen molar-refractivity contribution in [3.05, 3.63) is 0 Å². The first kappa shape index (κ1) is 17.4. The molecule has 0 aliphatic rings. The van der Waals surface area contributed by atoms with E-state index in [1.165, 1.54) is 12.8 Å². The van der Waals surface area contributed by atoms with Crippen molar-refractivity contribution in [1.82, 2.24) is 0 Å². The van der Waals surface area contributed by atoms with Crippen LogP contribution in [0.4, 0.5) is 0 Å². The summed E-state index contributed by atoms with van der Waals surface area (Å²) < 4.78 is 5.39. The number of nitrogens with two attached hydrogens (primary N) is 1. The standard InChI is InChI=1S/C15H31NO2/c1-5-6-9-13(10-7-8-11-16)12-14(17)18-15(2,3)4/h13H,5-12,16H2,1-4H3. The predicted molar refractivity (Wildman–Crippen MR) is 76.4 cm³/mol. The Morgan fingerprint density at radius 3 is 2.28 bits per heavy atom. The van der Waals surface area contributed by atoms with E-state index in [1.54, 1.807) is 0 Å². The maximum atomic E-state index is 11.8. The van der Waals surface area contributed by atoms with E-state index in [0.29, 0.717) is 12.3 Å². The Kier molecular flexibility index (Phi) is 9.08. The second kappa shape index (κ2) is 9.37. The molecule has 108 valence electrons. The molecule has 18 heavy (non-hydrogen) atoms. The number of rotatable bonds is 9. The molecule has 0 aromatic rings. The highest BCUT2D eigenvalue weighted by Crippen LogP contribution is 2.21. The van der Waals surface area contributed by atoms with Crippen LogP contribution in [0.5, 0.6) is 0 Å². The van der Waals surface area contributed by atoms with E-state index in [-0.39, 0.29) is 11.6 Å². The summed E-state index contributed by atoms with van der Waals surface area (Å²) in [6.07, 6.45) is 7.32. The number of hydrogen-bond donors (Lipinski definition) is 1. The summed E-state index contributed by atoms with van der Waals surface area (Å²) in [6, 6.07) is 0.